The van der Waals surface area contributed by atoms with Crippen LogP contribution < -0.4 is 9.47 Å². The van der Waals surface area contributed by atoms with Gasteiger partial charge in [0.2, 0.25) is 0 Å². The first-order chi connectivity index (χ1) is 17.8. The Morgan fingerprint density at radius 2 is 1.61 bits per heavy atom. The van der Waals surface area contributed by atoms with E-state index in [9.17, 15) is 19.5 Å². The van der Waals surface area contributed by atoms with E-state index in [1.54, 1.807) is 12.1 Å². The summed E-state index contributed by atoms with van der Waals surface area (Å²) < 4.78 is 11.3. The summed E-state index contributed by atoms with van der Waals surface area (Å²) in [5.74, 6) is -0.766. The van der Waals surface area contributed by atoms with Gasteiger partial charge in [0.1, 0.15) is 0 Å². The molecule has 204 valence electrons. The monoisotopic (exact) mass is 521 g/mol. The van der Waals surface area contributed by atoms with Gasteiger partial charge in [0.05, 0.1) is 7.11 Å². The molecule has 0 aromatic heterocycles. The molecule has 1 aromatic rings. The van der Waals surface area contributed by atoms with Crippen LogP contribution in [0.1, 0.15) is 77.3 Å². The second kappa shape index (κ2) is 10.1. The maximum atomic E-state index is 13.9. The van der Waals surface area contributed by atoms with Crippen LogP contribution in [0.25, 0.3) is 0 Å². The van der Waals surface area contributed by atoms with Crippen LogP contribution in [-0.4, -0.2) is 47.8 Å². The third-order valence-electron chi connectivity index (χ3n) is 7.75. The zero-order valence-corrected chi connectivity index (χ0v) is 23.4. The molecule has 7 nitrogen and oxygen atoms in total. The molecule has 0 amide bonds. The van der Waals surface area contributed by atoms with Crippen molar-refractivity contribution in [3.63, 3.8) is 0 Å². The molecule has 0 bridgehead atoms. The van der Waals surface area contributed by atoms with E-state index in [0.29, 0.717) is 54.0 Å². The predicted octanol–water partition coefficient (Wildman–Crippen LogP) is 5.59. The number of benzene rings is 1. The molecule has 0 saturated heterocycles. The second-order valence-corrected chi connectivity index (χ2v) is 12.2. The SMILES string of the molecule is C=CCc1cc(C2C3=C(CC(C)(C)CC3=O)N(CC)C3=C2C(=O)CC(C)(C)C3)cc(OC)c1OCC(=O)O. The number of Topliss-reactive ketones (excluding diaryl/α,β-unsaturated/α-hetero) is 2. The van der Waals surface area contributed by atoms with Crippen molar-refractivity contribution in [3.05, 3.63) is 58.5 Å². The number of carboxylic acids is 1. The summed E-state index contributed by atoms with van der Waals surface area (Å²) in [6.45, 7) is 14.6. The van der Waals surface area contributed by atoms with Gasteiger partial charge in [0, 0.05) is 53.4 Å². The highest BCUT2D eigenvalue weighted by Crippen LogP contribution is 2.55. The number of nitrogens with zero attached hydrogens (tertiary/aromatic N) is 1. The van der Waals surface area contributed by atoms with E-state index in [0.717, 1.165) is 29.8 Å². The molecule has 38 heavy (non-hydrogen) atoms. The van der Waals surface area contributed by atoms with Crippen LogP contribution in [0, 0.1) is 10.8 Å². The maximum absolute atomic E-state index is 13.9. The van der Waals surface area contributed by atoms with Crippen molar-refractivity contribution < 1.29 is 29.0 Å². The zero-order valence-electron chi connectivity index (χ0n) is 23.4. The van der Waals surface area contributed by atoms with Gasteiger partial charge in [0.15, 0.2) is 29.7 Å². The number of carbonyl (C=O) groups excluding carboxylic acids is 2. The van der Waals surface area contributed by atoms with Crippen molar-refractivity contribution in [2.75, 3.05) is 20.3 Å². The number of carboxylic acid groups (broad SMARTS) is 1. The second-order valence-electron chi connectivity index (χ2n) is 12.2. The molecule has 3 aliphatic rings. The van der Waals surface area contributed by atoms with Gasteiger partial charge in [-0.15, -0.1) is 6.58 Å². The fourth-order valence-corrected chi connectivity index (χ4v) is 6.37. The number of ketones is 2. The molecule has 0 saturated carbocycles. The normalized spacial score (nSPS) is 20.7. The van der Waals surface area contributed by atoms with Gasteiger partial charge in [-0.2, -0.15) is 0 Å². The van der Waals surface area contributed by atoms with E-state index >= 15 is 0 Å². The minimum absolute atomic E-state index is 0.0688. The van der Waals surface area contributed by atoms with E-state index in [1.807, 2.05) is 6.07 Å². The Kier molecular flexibility index (Phi) is 7.34. The third-order valence-corrected chi connectivity index (χ3v) is 7.75. The van der Waals surface area contributed by atoms with Gasteiger partial charge in [-0.05, 0) is 48.6 Å². The smallest absolute Gasteiger partial charge is 0.341 e. The van der Waals surface area contributed by atoms with E-state index in [4.69, 9.17) is 9.47 Å². The molecule has 7 heteroatoms. The van der Waals surface area contributed by atoms with Gasteiger partial charge in [-0.3, -0.25) is 9.59 Å². The molecule has 1 heterocycles. The lowest BCUT2D eigenvalue weighted by Gasteiger charge is -2.49. The van der Waals surface area contributed by atoms with Crippen LogP contribution in [0.15, 0.2) is 47.3 Å². The summed E-state index contributed by atoms with van der Waals surface area (Å²) in [5, 5.41) is 9.19. The fraction of sp³-hybridized carbons (Fsp3) is 0.516. The molecule has 0 atom stereocenters. The number of hydrogen-bond acceptors (Lipinski definition) is 6. The van der Waals surface area contributed by atoms with Crippen molar-refractivity contribution in [2.24, 2.45) is 10.8 Å². The average Bonchev–Trinajstić information content (AvgIpc) is 2.80. The van der Waals surface area contributed by atoms with Gasteiger partial charge in [-0.25, -0.2) is 4.79 Å². The lowest BCUT2D eigenvalue weighted by Crippen LogP contribution is -2.44. The molecule has 0 unspecified atom stereocenters. The number of carbonyl (C=O) groups is 3. The maximum Gasteiger partial charge on any atom is 0.341 e. The summed E-state index contributed by atoms with van der Waals surface area (Å²) >= 11 is 0. The number of hydrogen-bond donors (Lipinski definition) is 1. The van der Waals surface area contributed by atoms with E-state index < -0.39 is 18.5 Å². The molecule has 0 fully saturated rings. The number of ether oxygens (including phenoxy) is 2. The quantitative estimate of drug-likeness (QED) is 0.446. The molecular weight excluding hydrogens is 482 g/mol. The summed E-state index contributed by atoms with van der Waals surface area (Å²) in [6, 6.07) is 3.72. The first kappa shape index (κ1) is 27.7. The van der Waals surface area contributed by atoms with Gasteiger partial charge >= 0.3 is 5.97 Å². The Morgan fingerprint density at radius 3 is 2.05 bits per heavy atom. The number of allylic oxidation sites excluding steroid dienone is 5. The Balaban J connectivity index is 2.00. The largest absolute Gasteiger partial charge is 0.493 e. The Labute approximate surface area is 225 Å². The molecule has 0 radical (unpaired) electrons. The molecule has 1 N–H and O–H groups in total. The Hall–Kier alpha value is -3.35. The lowest BCUT2D eigenvalue weighted by atomic mass is 9.63. The molecule has 2 aliphatic carbocycles. The van der Waals surface area contributed by atoms with Crippen LogP contribution in [0.3, 0.4) is 0 Å². The molecular formula is C31H39NO6. The first-order valence-electron chi connectivity index (χ1n) is 13.3. The summed E-state index contributed by atoms with van der Waals surface area (Å²) in [6.07, 6.45) is 4.45. The zero-order chi connectivity index (χ0) is 28.0. The van der Waals surface area contributed by atoms with Crippen molar-refractivity contribution in [1.29, 1.82) is 0 Å². The van der Waals surface area contributed by atoms with Gasteiger partial charge in [-0.1, -0.05) is 39.8 Å². The van der Waals surface area contributed by atoms with Crippen molar-refractivity contribution in [1.82, 2.24) is 4.90 Å². The van der Waals surface area contributed by atoms with Crippen molar-refractivity contribution in [2.45, 2.75) is 72.6 Å². The number of aliphatic carboxylic acids is 1. The van der Waals surface area contributed by atoms with Crippen LogP contribution in [0.2, 0.25) is 0 Å². The molecule has 1 aliphatic heterocycles. The third kappa shape index (κ3) is 5.03. The van der Waals surface area contributed by atoms with Crippen LogP contribution in [0.5, 0.6) is 11.5 Å². The predicted molar refractivity (Wildman–Crippen MR) is 145 cm³/mol. The average molecular weight is 522 g/mol. The van der Waals surface area contributed by atoms with E-state index in [2.05, 4.69) is 46.1 Å². The fourth-order valence-electron chi connectivity index (χ4n) is 6.37. The molecule has 1 aromatic carbocycles. The lowest BCUT2D eigenvalue weighted by molar-refractivity contribution is -0.139. The number of methoxy groups -OCH3 is 1. The summed E-state index contributed by atoms with van der Waals surface area (Å²) in [7, 11) is 1.50. The summed E-state index contributed by atoms with van der Waals surface area (Å²) in [4.78, 5) is 41.2. The van der Waals surface area contributed by atoms with Crippen LogP contribution in [-0.2, 0) is 20.8 Å². The van der Waals surface area contributed by atoms with Crippen molar-refractivity contribution >= 4 is 17.5 Å². The van der Waals surface area contributed by atoms with Crippen LogP contribution in [0.4, 0.5) is 0 Å². The van der Waals surface area contributed by atoms with Gasteiger partial charge < -0.3 is 19.5 Å². The highest BCUT2D eigenvalue weighted by molar-refractivity contribution is 6.06. The Bertz CT molecular complexity index is 1210. The Morgan fingerprint density at radius 1 is 1.05 bits per heavy atom. The minimum atomic E-state index is -1.09. The van der Waals surface area contributed by atoms with Crippen LogP contribution >= 0.6 is 0 Å². The van der Waals surface area contributed by atoms with Gasteiger partial charge in [0.25, 0.3) is 0 Å². The minimum Gasteiger partial charge on any atom is -0.493 e. The topological polar surface area (TPSA) is 93.1 Å². The highest BCUT2D eigenvalue weighted by atomic mass is 16.5. The standard InChI is InChI=1S/C31H39NO6/c1-8-10-18-11-19(12-24(37-7)29(18)38-17-25(35)36)26-27-20(13-30(3,4)15-22(27)33)32(9-2)21-14-31(5,6)16-23(34)28(21)26/h8,11-12,26H,1,9-10,13-17H2,2-7H3,(H,35,36). The molecule has 0 spiro atoms. The van der Waals surface area contributed by atoms with E-state index in [1.165, 1.54) is 7.11 Å². The van der Waals surface area contributed by atoms with Crippen molar-refractivity contribution in [3.8, 4) is 11.5 Å². The first-order valence-corrected chi connectivity index (χ1v) is 13.3. The highest BCUT2D eigenvalue weighted by Gasteiger charge is 2.48. The molecule has 4 rings (SSSR count). The number of rotatable bonds is 8. The van der Waals surface area contributed by atoms with E-state index in [-0.39, 0.29) is 22.4 Å². The summed E-state index contributed by atoms with van der Waals surface area (Å²) in [5.41, 5.74) is 4.54.